The van der Waals surface area contributed by atoms with Gasteiger partial charge >= 0.3 is 0 Å². The van der Waals surface area contributed by atoms with Crippen molar-refractivity contribution in [1.82, 2.24) is 20.1 Å². The van der Waals surface area contributed by atoms with Crippen molar-refractivity contribution in [3.05, 3.63) is 39.8 Å². The van der Waals surface area contributed by atoms with E-state index < -0.39 is 0 Å². The molecule has 0 unspecified atom stereocenters. The Balaban J connectivity index is 1.57. The van der Waals surface area contributed by atoms with Gasteiger partial charge in [-0.2, -0.15) is 5.10 Å². The zero-order valence-electron chi connectivity index (χ0n) is 12.2. The van der Waals surface area contributed by atoms with Crippen LogP contribution in [-0.4, -0.2) is 39.8 Å². The van der Waals surface area contributed by atoms with Gasteiger partial charge in [-0.3, -0.25) is 9.59 Å². The van der Waals surface area contributed by atoms with E-state index >= 15 is 0 Å². The Kier molecular flexibility index (Phi) is 4.19. The van der Waals surface area contributed by atoms with Gasteiger partial charge < -0.3 is 10.2 Å². The third-order valence-corrected chi connectivity index (χ3v) is 4.55. The highest BCUT2D eigenvalue weighted by molar-refractivity contribution is 7.13. The number of aryl methyl sites for hydroxylation is 1. The number of aromatic nitrogens is 3. The molecule has 22 heavy (non-hydrogen) atoms. The maximum Gasteiger partial charge on any atom is 0.271 e. The van der Waals surface area contributed by atoms with Crippen LogP contribution in [0.25, 0.3) is 0 Å². The molecule has 0 spiro atoms. The van der Waals surface area contributed by atoms with Gasteiger partial charge in [-0.1, -0.05) is 0 Å². The molecule has 1 aliphatic heterocycles. The largest absolute Gasteiger partial charge is 0.348 e. The Bertz CT molecular complexity index is 704. The van der Waals surface area contributed by atoms with E-state index in [9.17, 15) is 9.59 Å². The Morgan fingerprint density at radius 3 is 2.77 bits per heavy atom. The number of hydrogen-bond acceptors (Lipinski definition) is 6. The highest BCUT2D eigenvalue weighted by Gasteiger charge is 2.22. The van der Waals surface area contributed by atoms with Crippen LogP contribution in [0.4, 0.5) is 5.13 Å². The van der Waals surface area contributed by atoms with Gasteiger partial charge in [0.25, 0.3) is 11.5 Å². The van der Waals surface area contributed by atoms with E-state index in [1.807, 2.05) is 5.38 Å². The molecule has 0 aromatic carbocycles. The molecule has 1 saturated heterocycles. The summed E-state index contributed by atoms with van der Waals surface area (Å²) in [5.41, 5.74) is 0.0396. The van der Waals surface area contributed by atoms with Gasteiger partial charge in [0.1, 0.15) is 5.69 Å². The summed E-state index contributed by atoms with van der Waals surface area (Å²) in [6, 6.07) is 2.94. The number of anilines is 1. The summed E-state index contributed by atoms with van der Waals surface area (Å²) < 4.78 is 1.17. The van der Waals surface area contributed by atoms with Gasteiger partial charge in [0.15, 0.2) is 5.13 Å². The van der Waals surface area contributed by atoms with Crippen LogP contribution in [0, 0.1) is 0 Å². The lowest BCUT2D eigenvalue weighted by Crippen LogP contribution is -2.45. The van der Waals surface area contributed by atoms with Crippen LogP contribution in [0.1, 0.15) is 23.3 Å². The van der Waals surface area contributed by atoms with Crippen molar-refractivity contribution in [2.24, 2.45) is 7.05 Å². The van der Waals surface area contributed by atoms with E-state index in [1.165, 1.54) is 23.9 Å². The van der Waals surface area contributed by atoms with Crippen molar-refractivity contribution in [3.8, 4) is 0 Å². The second-order valence-electron chi connectivity index (χ2n) is 5.23. The number of hydrogen-bond donors (Lipinski definition) is 1. The summed E-state index contributed by atoms with van der Waals surface area (Å²) in [5, 5.41) is 9.95. The van der Waals surface area contributed by atoms with E-state index in [2.05, 4.69) is 20.3 Å². The van der Waals surface area contributed by atoms with Crippen molar-refractivity contribution in [3.63, 3.8) is 0 Å². The van der Waals surface area contributed by atoms with E-state index in [0.717, 1.165) is 31.1 Å². The van der Waals surface area contributed by atoms with Crippen LogP contribution in [0.5, 0.6) is 0 Å². The smallest absolute Gasteiger partial charge is 0.271 e. The lowest BCUT2D eigenvalue weighted by molar-refractivity contribution is 0.0923. The summed E-state index contributed by atoms with van der Waals surface area (Å²) in [6.07, 6.45) is 3.55. The topological polar surface area (TPSA) is 80.1 Å². The van der Waals surface area contributed by atoms with Crippen molar-refractivity contribution in [1.29, 1.82) is 0 Å². The van der Waals surface area contributed by atoms with Crippen molar-refractivity contribution >= 4 is 22.4 Å². The van der Waals surface area contributed by atoms with E-state index in [4.69, 9.17) is 0 Å². The summed E-state index contributed by atoms with van der Waals surface area (Å²) in [7, 11) is 1.53. The first-order valence-corrected chi connectivity index (χ1v) is 8.01. The predicted molar refractivity (Wildman–Crippen MR) is 84.3 cm³/mol. The third-order valence-electron chi connectivity index (χ3n) is 3.71. The normalized spacial score (nSPS) is 15.8. The first-order valence-electron chi connectivity index (χ1n) is 7.13. The minimum absolute atomic E-state index is 0.128. The molecule has 7 nitrogen and oxygen atoms in total. The minimum Gasteiger partial charge on any atom is -0.348 e. The molecule has 0 bridgehead atoms. The fourth-order valence-corrected chi connectivity index (χ4v) is 3.17. The first-order chi connectivity index (χ1) is 10.6. The molecule has 1 fully saturated rings. The van der Waals surface area contributed by atoms with Gasteiger partial charge in [0, 0.05) is 43.8 Å². The van der Waals surface area contributed by atoms with Gasteiger partial charge in [-0.05, 0) is 18.9 Å². The number of carbonyl (C=O) groups excluding carboxylic acids is 1. The van der Waals surface area contributed by atoms with Crippen molar-refractivity contribution < 1.29 is 4.79 Å². The minimum atomic E-state index is -0.233. The van der Waals surface area contributed by atoms with E-state index in [0.29, 0.717) is 0 Å². The van der Waals surface area contributed by atoms with Crippen LogP contribution in [0.15, 0.2) is 28.5 Å². The Morgan fingerprint density at radius 2 is 2.14 bits per heavy atom. The van der Waals surface area contributed by atoms with E-state index in [-0.39, 0.29) is 23.2 Å². The summed E-state index contributed by atoms with van der Waals surface area (Å²) in [6.45, 7) is 1.75. The number of rotatable bonds is 3. The van der Waals surface area contributed by atoms with Crippen LogP contribution in [0.2, 0.25) is 0 Å². The summed E-state index contributed by atoms with van der Waals surface area (Å²) >= 11 is 1.63. The number of nitrogens with zero attached hydrogens (tertiary/aromatic N) is 4. The number of amides is 1. The molecule has 3 heterocycles. The van der Waals surface area contributed by atoms with Crippen molar-refractivity contribution in [2.45, 2.75) is 18.9 Å². The highest BCUT2D eigenvalue weighted by atomic mass is 32.1. The summed E-state index contributed by atoms with van der Waals surface area (Å²) in [4.78, 5) is 30.0. The van der Waals surface area contributed by atoms with Gasteiger partial charge in [0.05, 0.1) is 0 Å². The zero-order chi connectivity index (χ0) is 15.5. The molecule has 3 rings (SSSR count). The van der Waals surface area contributed by atoms with Crippen molar-refractivity contribution in [2.75, 3.05) is 18.0 Å². The fourth-order valence-electron chi connectivity index (χ4n) is 2.47. The lowest BCUT2D eigenvalue weighted by atomic mass is 10.1. The van der Waals surface area contributed by atoms with Gasteiger partial charge in [-0.25, -0.2) is 9.67 Å². The molecule has 1 N–H and O–H groups in total. The van der Waals surface area contributed by atoms with E-state index in [1.54, 1.807) is 17.5 Å². The van der Waals surface area contributed by atoms with Crippen LogP contribution in [-0.2, 0) is 7.05 Å². The maximum absolute atomic E-state index is 12.2. The molecule has 2 aromatic rings. The number of carbonyl (C=O) groups is 1. The summed E-state index contributed by atoms with van der Waals surface area (Å²) in [5.74, 6) is -0.233. The Morgan fingerprint density at radius 1 is 1.36 bits per heavy atom. The average molecular weight is 319 g/mol. The number of thiazole rings is 1. The lowest BCUT2D eigenvalue weighted by Gasteiger charge is -2.32. The molecule has 0 radical (unpaired) electrons. The molecular weight excluding hydrogens is 302 g/mol. The van der Waals surface area contributed by atoms with Crippen LogP contribution < -0.4 is 15.8 Å². The molecule has 116 valence electrons. The molecule has 0 saturated carbocycles. The van der Waals surface area contributed by atoms with Gasteiger partial charge in [0.2, 0.25) is 0 Å². The standard InChI is InChI=1S/C14H17N5O2S/c1-18-12(20)3-2-11(17-18)13(21)16-10-4-7-19(8-5-10)14-15-6-9-22-14/h2-3,6,9-10H,4-5,7-8H2,1H3,(H,16,21). The number of nitrogens with one attached hydrogen (secondary N) is 1. The maximum atomic E-state index is 12.2. The fraction of sp³-hybridized carbons (Fsp3) is 0.429. The molecule has 0 atom stereocenters. The Labute approximate surface area is 131 Å². The first kappa shape index (κ1) is 14.7. The van der Waals surface area contributed by atoms with Crippen LogP contribution in [0.3, 0.4) is 0 Å². The predicted octanol–water partition coefficient (Wildman–Crippen LogP) is 0.636. The molecule has 1 amide bonds. The monoisotopic (exact) mass is 319 g/mol. The SMILES string of the molecule is Cn1nc(C(=O)NC2CCN(c3nccs3)CC2)ccc1=O. The molecular formula is C14H17N5O2S. The molecule has 1 aliphatic rings. The third kappa shape index (κ3) is 3.16. The van der Waals surface area contributed by atoms with Crippen LogP contribution >= 0.6 is 11.3 Å². The molecule has 8 heteroatoms. The number of piperidine rings is 1. The second kappa shape index (κ2) is 6.27. The quantitative estimate of drug-likeness (QED) is 0.898. The zero-order valence-corrected chi connectivity index (χ0v) is 13.0. The average Bonchev–Trinajstić information content (AvgIpc) is 3.05. The van der Waals surface area contributed by atoms with Gasteiger partial charge in [-0.15, -0.1) is 11.3 Å². The molecule has 2 aromatic heterocycles. The Hall–Kier alpha value is -2.22. The second-order valence-corrected chi connectivity index (χ2v) is 6.10. The molecule has 0 aliphatic carbocycles. The highest BCUT2D eigenvalue weighted by Crippen LogP contribution is 2.21.